The summed E-state index contributed by atoms with van der Waals surface area (Å²) in [5, 5.41) is 0. The average molecular weight is 805 g/mol. The lowest BCUT2D eigenvalue weighted by atomic mass is 10.2. The van der Waals surface area contributed by atoms with Crippen molar-refractivity contribution in [3.63, 3.8) is 0 Å². The lowest BCUT2D eigenvalue weighted by molar-refractivity contribution is -0.136. The molecular formula is C27H20I3O3S+. The summed E-state index contributed by atoms with van der Waals surface area (Å²) in [5.74, 6) is 0.786. The van der Waals surface area contributed by atoms with Gasteiger partial charge in [0.05, 0.1) is 18.0 Å². The molecule has 0 aromatic heterocycles. The van der Waals surface area contributed by atoms with Crippen molar-refractivity contribution in [1.82, 2.24) is 0 Å². The van der Waals surface area contributed by atoms with E-state index in [1.807, 2.05) is 30.3 Å². The van der Waals surface area contributed by atoms with Gasteiger partial charge in [-0.1, -0.05) is 35.9 Å². The number of rotatable bonds is 7. The van der Waals surface area contributed by atoms with Crippen LogP contribution in [-0.4, -0.2) is 12.6 Å². The molecule has 3 nitrogen and oxygen atoms in total. The number of hydrogen-bond donors (Lipinski definition) is 0. The standard InChI is InChI=1S/C27H20I3O3S/c1-18-7-11-22(12-8-18)34(21-5-3-2-4-6-21)23-13-9-20(10-14-23)32-17-26(31)33-27-24(29)15-19(28)16-25(27)30/h2-16H,17H2,1H3/q+1. The molecule has 0 fully saturated rings. The second kappa shape index (κ2) is 12.1. The van der Waals surface area contributed by atoms with E-state index in [-0.39, 0.29) is 17.5 Å². The second-order valence-corrected chi connectivity index (χ2v) is 13.0. The Labute approximate surface area is 243 Å². The van der Waals surface area contributed by atoms with E-state index >= 15 is 0 Å². The Morgan fingerprint density at radius 2 is 1.29 bits per heavy atom. The van der Waals surface area contributed by atoms with E-state index in [0.717, 1.165) is 10.7 Å². The molecule has 0 aliphatic heterocycles. The SMILES string of the molecule is Cc1ccc([S+](c2ccccc2)c2ccc(OCC(=O)Oc3c(I)cc(I)cc3I)cc2)cc1. The predicted molar refractivity (Wildman–Crippen MR) is 162 cm³/mol. The van der Waals surface area contributed by atoms with Gasteiger partial charge in [-0.05, 0) is 135 Å². The van der Waals surface area contributed by atoms with Crippen LogP contribution in [0, 0.1) is 17.6 Å². The summed E-state index contributed by atoms with van der Waals surface area (Å²) in [7, 11) is -0.227. The lowest BCUT2D eigenvalue weighted by Crippen LogP contribution is -2.18. The molecule has 0 aliphatic rings. The van der Waals surface area contributed by atoms with Crippen molar-refractivity contribution in [1.29, 1.82) is 0 Å². The van der Waals surface area contributed by atoms with Crippen LogP contribution in [0.2, 0.25) is 0 Å². The molecule has 0 spiro atoms. The van der Waals surface area contributed by atoms with Gasteiger partial charge in [-0.3, -0.25) is 0 Å². The summed E-state index contributed by atoms with van der Waals surface area (Å²) in [6, 6.07) is 31.1. The molecular weight excluding hydrogens is 785 g/mol. The first kappa shape index (κ1) is 25.8. The van der Waals surface area contributed by atoms with Crippen LogP contribution in [0.25, 0.3) is 0 Å². The van der Waals surface area contributed by atoms with Gasteiger partial charge in [-0.2, -0.15) is 0 Å². The predicted octanol–water partition coefficient (Wildman–Crippen LogP) is 7.89. The minimum absolute atomic E-state index is 0.153. The first-order chi connectivity index (χ1) is 16.4. The van der Waals surface area contributed by atoms with Crippen molar-refractivity contribution >= 4 is 84.6 Å². The third-order valence-electron chi connectivity index (χ3n) is 4.83. The van der Waals surface area contributed by atoms with Gasteiger partial charge in [0.25, 0.3) is 0 Å². The smallest absolute Gasteiger partial charge is 0.349 e. The van der Waals surface area contributed by atoms with Gasteiger partial charge in [0, 0.05) is 3.57 Å². The van der Waals surface area contributed by atoms with Crippen LogP contribution in [0.5, 0.6) is 11.5 Å². The highest BCUT2D eigenvalue weighted by atomic mass is 127. The first-order valence-electron chi connectivity index (χ1n) is 10.3. The summed E-state index contributed by atoms with van der Waals surface area (Å²) in [6.07, 6.45) is 0. The van der Waals surface area contributed by atoms with E-state index in [9.17, 15) is 4.79 Å². The molecule has 34 heavy (non-hydrogen) atoms. The first-order valence-corrected chi connectivity index (χ1v) is 14.8. The molecule has 4 aromatic carbocycles. The highest BCUT2D eigenvalue weighted by Gasteiger charge is 2.28. The summed E-state index contributed by atoms with van der Waals surface area (Å²) in [5.41, 5.74) is 1.24. The van der Waals surface area contributed by atoms with E-state index in [4.69, 9.17) is 9.47 Å². The quantitative estimate of drug-likeness (QED) is 0.0826. The molecule has 0 aliphatic carbocycles. The summed E-state index contributed by atoms with van der Waals surface area (Å²) >= 11 is 6.61. The molecule has 0 radical (unpaired) electrons. The van der Waals surface area contributed by atoms with Crippen molar-refractivity contribution in [2.24, 2.45) is 0 Å². The number of aryl methyl sites for hydroxylation is 1. The fourth-order valence-corrected chi connectivity index (χ4v) is 9.09. The van der Waals surface area contributed by atoms with Crippen LogP contribution in [0.1, 0.15) is 5.56 Å². The third kappa shape index (κ3) is 6.67. The number of ether oxygens (including phenoxy) is 2. The van der Waals surface area contributed by atoms with E-state index < -0.39 is 5.97 Å². The van der Waals surface area contributed by atoms with E-state index in [1.54, 1.807) is 0 Å². The normalized spacial score (nSPS) is 11.6. The molecule has 0 saturated carbocycles. The molecule has 0 bridgehead atoms. The van der Waals surface area contributed by atoms with Crippen LogP contribution in [-0.2, 0) is 15.7 Å². The Balaban J connectivity index is 1.47. The summed E-state index contributed by atoms with van der Waals surface area (Å²) in [4.78, 5) is 16.1. The minimum atomic E-state index is -0.426. The van der Waals surface area contributed by atoms with Gasteiger partial charge >= 0.3 is 5.97 Å². The Morgan fingerprint density at radius 3 is 1.88 bits per heavy atom. The van der Waals surface area contributed by atoms with Gasteiger partial charge in [0.1, 0.15) is 5.75 Å². The third-order valence-corrected chi connectivity index (χ3v) is 9.29. The van der Waals surface area contributed by atoms with Gasteiger partial charge in [-0.15, -0.1) is 0 Å². The number of carbonyl (C=O) groups excluding carboxylic acids is 1. The highest BCUT2D eigenvalue weighted by molar-refractivity contribution is 14.1. The maximum Gasteiger partial charge on any atom is 0.349 e. The molecule has 0 N–H and O–H groups in total. The molecule has 0 amide bonds. The monoisotopic (exact) mass is 805 g/mol. The molecule has 172 valence electrons. The fraction of sp³-hybridized carbons (Fsp3) is 0.0741. The fourth-order valence-electron chi connectivity index (χ4n) is 3.22. The average Bonchev–Trinajstić information content (AvgIpc) is 2.83. The van der Waals surface area contributed by atoms with Crippen LogP contribution in [0.3, 0.4) is 0 Å². The molecule has 4 aromatic rings. The zero-order valence-electron chi connectivity index (χ0n) is 18.1. The van der Waals surface area contributed by atoms with Crippen LogP contribution < -0.4 is 9.47 Å². The van der Waals surface area contributed by atoms with Gasteiger partial charge in [0.15, 0.2) is 27.0 Å². The van der Waals surface area contributed by atoms with Crippen molar-refractivity contribution in [3.05, 3.63) is 107 Å². The molecule has 4 rings (SSSR count). The second-order valence-electron chi connectivity index (χ2n) is 7.37. The van der Waals surface area contributed by atoms with Crippen LogP contribution in [0.15, 0.2) is 106 Å². The number of esters is 1. The van der Waals surface area contributed by atoms with Crippen LogP contribution >= 0.6 is 67.8 Å². The van der Waals surface area contributed by atoms with Crippen LogP contribution in [0.4, 0.5) is 0 Å². The van der Waals surface area contributed by atoms with E-state index in [2.05, 4.69) is 135 Å². The number of benzene rings is 4. The lowest BCUT2D eigenvalue weighted by Gasteiger charge is -2.11. The van der Waals surface area contributed by atoms with Gasteiger partial charge < -0.3 is 9.47 Å². The molecule has 1 unspecified atom stereocenters. The molecule has 1 atom stereocenters. The zero-order valence-corrected chi connectivity index (χ0v) is 25.4. The Morgan fingerprint density at radius 1 is 0.765 bits per heavy atom. The molecule has 7 heteroatoms. The number of carbonyl (C=O) groups is 1. The zero-order chi connectivity index (χ0) is 24.1. The summed E-state index contributed by atoms with van der Waals surface area (Å²) < 4.78 is 14.2. The van der Waals surface area contributed by atoms with E-state index in [1.165, 1.54) is 20.2 Å². The van der Waals surface area contributed by atoms with Crippen molar-refractivity contribution < 1.29 is 14.3 Å². The van der Waals surface area contributed by atoms with Gasteiger partial charge in [0.2, 0.25) is 0 Å². The summed E-state index contributed by atoms with van der Waals surface area (Å²) in [6.45, 7) is 1.95. The number of hydrogen-bond acceptors (Lipinski definition) is 3. The topological polar surface area (TPSA) is 35.5 Å². The Bertz CT molecular complexity index is 1250. The number of halogens is 3. The maximum absolute atomic E-state index is 12.4. The Kier molecular flexibility index (Phi) is 9.16. The van der Waals surface area contributed by atoms with Crippen molar-refractivity contribution in [2.75, 3.05) is 6.61 Å². The molecule has 0 saturated heterocycles. The maximum atomic E-state index is 12.4. The molecule has 0 heterocycles. The minimum Gasteiger partial charge on any atom is -0.482 e. The van der Waals surface area contributed by atoms with Crippen molar-refractivity contribution in [3.8, 4) is 11.5 Å². The van der Waals surface area contributed by atoms with Crippen molar-refractivity contribution in [2.45, 2.75) is 21.6 Å². The van der Waals surface area contributed by atoms with E-state index in [0.29, 0.717) is 11.5 Å². The largest absolute Gasteiger partial charge is 0.482 e. The Hall–Kier alpha value is -1.31. The highest BCUT2D eigenvalue weighted by Crippen LogP contribution is 2.32. The van der Waals surface area contributed by atoms with Gasteiger partial charge in [-0.25, -0.2) is 4.79 Å².